The van der Waals surface area contributed by atoms with Crippen LogP contribution in [0.5, 0.6) is 0 Å². The highest BCUT2D eigenvalue weighted by Gasteiger charge is 2.59. The number of hydrogen-bond donors (Lipinski definition) is 0. The van der Waals surface area contributed by atoms with Gasteiger partial charge in [-0.2, -0.15) is 0 Å². The van der Waals surface area contributed by atoms with Crippen molar-refractivity contribution < 1.29 is 9.53 Å². The Morgan fingerprint density at radius 2 is 2.27 bits per heavy atom. The van der Waals surface area contributed by atoms with E-state index in [9.17, 15) is 4.79 Å². The average Bonchev–Trinajstić information content (AvgIpc) is 2.16. The SMILES string of the molecule is CCC(=O)O[C@H]1[C@H]2C(C)=CC[C@@H]1C2(C)C. The molecule has 0 aromatic carbocycles. The highest BCUT2D eigenvalue weighted by Crippen LogP contribution is 2.60. The van der Waals surface area contributed by atoms with Gasteiger partial charge in [0, 0.05) is 18.3 Å². The lowest BCUT2D eigenvalue weighted by atomic mass is 9.47. The number of carbonyl (C=O) groups is 1. The van der Waals surface area contributed by atoms with Crippen LogP contribution in [0.4, 0.5) is 0 Å². The molecule has 0 aromatic rings. The second kappa shape index (κ2) is 3.36. The topological polar surface area (TPSA) is 26.3 Å². The van der Waals surface area contributed by atoms with E-state index in [1.54, 1.807) is 0 Å². The number of fused-ring (bicyclic) bond motifs is 1. The monoisotopic (exact) mass is 208 g/mol. The van der Waals surface area contributed by atoms with Gasteiger partial charge in [-0.1, -0.05) is 32.4 Å². The average molecular weight is 208 g/mol. The van der Waals surface area contributed by atoms with Crippen molar-refractivity contribution in [1.82, 2.24) is 0 Å². The molecule has 0 saturated heterocycles. The quantitative estimate of drug-likeness (QED) is 0.515. The zero-order chi connectivity index (χ0) is 11.2. The van der Waals surface area contributed by atoms with Gasteiger partial charge in [0.1, 0.15) is 6.10 Å². The molecule has 3 aliphatic carbocycles. The maximum atomic E-state index is 11.3. The summed E-state index contributed by atoms with van der Waals surface area (Å²) in [5.41, 5.74) is 1.72. The molecule has 0 heterocycles. The lowest BCUT2D eigenvalue weighted by molar-refractivity contribution is -0.191. The summed E-state index contributed by atoms with van der Waals surface area (Å²) < 4.78 is 5.53. The van der Waals surface area contributed by atoms with Crippen LogP contribution in [0.3, 0.4) is 0 Å². The minimum absolute atomic E-state index is 0.0554. The van der Waals surface area contributed by atoms with Gasteiger partial charge < -0.3 is 4.74 Å². The zero-order valence-electron chi connectivity index (χ0n) is 10.0. The summed E-state index contributed by atoms with van der Waals surface area (Å²) in [4.78, 5) is 11.3. The number of hydrogen-bond acceptors (Lipinski definition) is 2. The smallest absolute Gasteiger partial charge is 0.305 e. The Morgan fingerprint density at radius 3 is 2.73 bits per heavy atom. The van der Waals surface area contributed by atoms with Crippen molar-refractivity contribution in [2.24, 2.45) is 17.3 Å². The molecule has 2 heteroatoms. The number of ether oxygens (including phenoxy) is 1. The molecule has 2 bridgehead atoms. The first-order valence-electron chi connectivity index (χ1n) is 5.84. The van der Waals surface area contributed by atoms with Crippen LogP contribution in [0.15, 0.2) is 11.6 Å². The Labute approximate surface area is 91.7 Å². The molecule has 0 aliphatic heterocycles. The molecular formula is C13H20O2. The van der Waals surface area contributed by atoms with E-state index in [1.165, 1.54) is 5.57 Å². The van der Waals surface area contributed by atoms with E-state index in [-0.39, 0.29) is 12.1 Å². The van der Waals surface area contributed by atoms with Gasteiger partial charge in [0.2, 0.25) is 0 Å². The largest absolute Gasteiger partial charge is 0.461 e. The van der Waals surface area contributed by atoms with Gasteiger partial charge in [-0.3, -0.25) is 4.79 Å². The molecule has 3 rings (SSSR count). The normalized spacial score (nSPS) is 36.5. The van der Waals surface area contributed by atoms with Crippen molar-refractivity contribution in [1.29, 1.82) is 0 Å². The van der Waals surface area contributed by atoms with Gasteiger partial charge in [0.25, 0.3) is 0 Å². The van der Waals surface area contributed by atoms with Gasteiger partial charge in [-0.15, -0.1) is 0 Å². The highest BCUT2D eigenvalue weighted by atomic mass is 16.5. The molecule has 3 aliphatic rings. The maximum Gasteiger partial charge on any atom is 0.305 e. The van der Waals surface area contributed by atoms with Crippen molar-refractivity contribution in [3.63, 3.8) is 0 Å². The second-order valence-corrected chi connectivity index (χ2v) is 5.40. The summed E-state index contributed by atoms with van der Waals surface area (Å²) in [5.74, 6) is 0.925. The van der Waals surface area contributed by atoms with Crippen molar-refractivity contribution in [2.45, 2.75) is 46.6 Å². The van der Waals surface area contributed by atoms with Gasteiger partial charge in [0.05, 0.1) is 0 Å². The molecule has 1 saturated carbocycles. The lowest BCUT2D eigenvalue weighted by Crippen LogP contribution is -2.61. The first kappa shape index (κ1) is 10.7. The van der Waals surface area contributed by atoms with Gasteiger partial charge >= 0.3 is 5.97 Å². The summed E-state index contributed by atoms with van der Waals surface area (Å²) in [7, 11) is 0. The van der Waals surface area contributed by atoms with E-state index in [1.807, 2.05) is 6.92 Å². The van der Waals surface area contributed by atoms with Crippen LogP contribution in [0.25, 0.3) is 0 Å². The standard InChI is InChI=1S/C13H20O2/c1-5-10(14)15-12-9-7-6-8(2)11(12)13(9,3)4/h6,9,11-12H,5,7H2,1-4H3/t9-,11+,12+/m0/s1. The summed E-state index contributed by atoms with van der Waals surface area (Å²) in [5, 5.41) is 0. The summed E-state index contributed by atoms with van der Waals surface area (Å²) in [6.07, 6.45) is 4.00. The molecule has 15 heavy (non-hydrogen) atoms. The summed E-state index contributed by atoms with van der Waals surface area (Å²) in [6, 6.07) is 0. The summed E-state index contributed by atoms with van der Waals surface area (Å²) in [6.45, 7) is 8.59. The predicted molar refractivity (Wildman–Crippen MR) is 59.3 cm³/mol. The zero-order valence-corrected chi connectivity index (χ0v) is 10.0. The fraction of sp³-hybridized carbons (Fsp3) is 0.769. The number of esters is 1. The van der Waals surface area contributed by atoms with Crippen molar-refractivity contribution in [3.8, 4) is 0 Å². The van der Waals surface area contributed by atoms with Crippen LogP contribution >= 0.6 is 0 Å². The van der Waals surface area contributed by atoms with Crippen molar-refractivity contribution in [3.05, 3.63) is 11.6 Å². The number of carbonyl (C=O) groups excluding carboxylic acids is 1. The van der Waals surface area contributed by atoms with E-state index in [2.05, 4.69) is 26.8 Å². The number of rotatable bonds is 2. The van der Waals surface area contributed by atoms with Crippen LogP contribution in [0.2, 0.25) is 0 Å². The third kappa shape index (κ3) is 1.42. The molecule has 2 nitrogen and oxygen atoms in total. The Balaban J connectivity index is 2.13. The maximum absolute atomic E-state index is 11.3. The number of allylic oxidation sites excluding steroid dienone is 1. The molecule has 0 radical (unpaired) electrons. The van der Waals surface area contributed by atoms with Crippen LogP contribution in [-0.2, 0) is 9.53 Å². The molecular weight excluding hydrogens is 188 g/mol. The Bertz CT molecular complexity index is 314. The molecule has 84 valence electrons. The molecule has 0 amide bonds. The van der Waals surface area contributed by atoms with E-state index in [0.29, 0.717) is 23.7 Å². The molecule has 1 fully saturated rings. The van der Waals surface area contributed by atoms with E-state index >= 15 is 0 Å². The molecule has 3 atom stereocenters. The minimum Gasteiger partial charge on any atom is -0.461 e. The predicted octanol–water partition coefficient (Wildman–Crippen LogP) is 2.93. The van der Waals surface area contributed by atoms with Gasteiger partial charge in [-0.25, -0.2) is 0 Å². The Morgan fingerprint density at radius 1 is 1.60 bits per heavy atom. The molecule has 0 unspecified atom stereocenters. The molecule has 0 spiro atoms. The lowest BCUT2D eigenvalue weighted by Gasteiger charge is -2.60. The van der Waals surface area contributed by atoms with E-state index < -0.39 is 0 Å². The third-order valence-corrected chi connectivity index (χ3v) is 4.22. The second-order valence-electron chi connectivity index (χ2n) is 5.40. The van der Waals surface area contributed by atoms with Crippen LogP contribution in [-0.4, -0.2) is 12.1 Å². The Kier molecular flexibility index (Phi) is 2.40. The fourth-order valence-corrected chi connectivity index (χ4v) is 3.30. The summed E-state index contributed by atoms with van der Waals surface area (Å²) >= 11 is 0. The van der Waals surface area contributed by atoms with Crippen LogP contribution in [0.1, 0.15) is 40.5 Å². The molecule has 0 aromatic heterocycles. The van der Waals surface area contributed by atoms with Crippen LogP contribution in [0, 0.1) is 17.3 Å². The van der Waals surface area contributed by atoms with Gasteiger partial charge in [0.15, 0.2) is 0 Å². The third-order valence-electron chi connectivity index (χ3n) is 4.22. The van der Waals surface area contributed by atoms with Crippen molar-refractivity contribution >= 4 is 5.97 Å². The first-order valence-corrected chi connectivity index (χ1v) is 5.84. The van der Waals surface area contributed by atoms with E-state index in [4.69, 9.17) is 4.74 Å². The molecule has 0 N–H and O–H groups in total. The fourth-order valence-electron chi connectivity index (χ4n) is 3.30. The van der Waals surface area contributed by atoms with Gasteiger partial charge in [-0.05, 0) is 18.8 Å². The Hall–Kier alpha value is -0.790. The first-order chi connectivity index (χ1) is 6.98. The highest BCUT2D eigenvalue weighted by molar-refractivity contribution is 5.69. The van der Waals surface area contributed by atoms with Crippen molar-refractivity contribution in [2.75, 3.05) is 0 Å². The van der Waals surface area contributed by atoms with Crippen LogP contribution < -0.4 is 0 Å². The minimum atomic E-state index is -0.0554. The van der Waals surface area contributed by atoms with E-state index in [0.717, 1.165) is 6.42 Å².